The molecule has 2 amide bonds. The summed E-state index contributed by atoms with van der Waals surface area (Å²) in [5, 5.41) is 5.01. The first-order chi connectivity index (χ1) is 8.70. The minimum atomic E-state index is -0.721. The van der Waals surface area contributed by atoms with Crippen LogP contribution in [0.5, 0.6) is 0 Å². The van der Waals surface area contributed by atoms with Crippen molar-refractivity contribution >= 4 is 23.4 Å². The first kappa shape index (κ1) is 15.4. The maximum atomic E-state index is 13.5. The van der Waals surface area contributed by atoms with Gasteiger partial charge in [-0.1, -0.05) is 17.7 Å². The molecule has 2 N–H and O–H groups in total. The summed E-state index contributed by atoms with van der Waals surface area (Å²) >= 11 is 5.74. The van der Waals surface area contributed by atoms with E-state index in [9.17, 15) is 14.0 Å². The first-order valence-corrected chi connectivity index (χ1v) is 6.12. The number of hydrogen-bond acceptors (Lipinski definition) is 2. The molecular weight excluding hydrogens is 271 g/mol. The van der Waals surface area contributed by atoms with Crippen LogP contribution in [0.1, 0.15) is 31.1 Å². The maximum Gasteiger partial charge on any atom is 0.256 e. The van der Waals surface area contributed by atoms with E-state index in [1.165, 1.54) is 12.1 Å². The topological polar surface area (TPSA) is 58.2 Å². The van der Waals surface area contributed by atoms with Gasteiger partial charge in [0, 0.05) is 5.54 Å². The van der Waals surface area contributed by atoms with Crippen molar-refractivity contribution in [2.45, 2.75) is 26.3 Å². The molecule has 0 saturated heterocycles. The lowest BCUT2D eigenvalue weighted by Gasteiger charge is -2.20. The molecule has 0 radical (unpaired) electrons. The molecule has 0 aliphatic heterocycles. The van der Waals surface area contributed by atoms with E-state index in [-0.39, 0.29) is 23.0 Å². The molecule has 0 aliphatic rings. The van der Waals surface area contributed by atoms with Crippen molar-refractivity contribution in [3.05, 3.63) is 34.6 Å². The molecule has 0 bridgehead atoms. The Hall–Kier alpha value is -1.62. The minimum absolute atomic E-state index is 0.00808. The summed E-state index contributed by atoms with van der Waals surface area (Å²) in [7, 11) is 0. The molecule has 19 heavy (non-hydrogen) atoms. The molecule has 0 spiro atoms. The summed E-state index contributed by atoms with van der Waals surface area (Å²) in [6.07, 6.45) is 0. The van der Waals surface area contributed by atoms with Gasteiger partial charge in [0.2, 0.25) is 5.91 Å². The maximum absolute atomic E-state index is 13.5. The number of rotatable bonds is 3. The van der Waals surface area contributed by atoms with Crippen LogP contribution in [-0.4, -0.2) is 23.9 Å². The average molecular weight is 287 g/mol. The Balaban J connectivity index is 2.64. The molecular formula is C13H16ClFN2O2. The second kappa shape index (κ2) is 6.02. The van der Waals surface area contributed by atoms with E-state index < -0.39 is 17.3 Å². The molecule has 0 aliphatic carbocycles. The summed E-state index contributed by atoms with van der Waals surface area (Å²) in [5.74, 6) is -1.79. The third-order valence-corrected chi connectivity index (χ3v) is 2.43. The fraction of sp³-hybridized carbons (Fsp3) is 0.385. The van der Waals surface area contributed by atoms with E-state index in [0.29, 0.717) is 0 Å². The highest BCUT2D eigenvalue weighted by atomic mass is 35.5. The highest BCUT2D eigenvalue weighted by Gasteiger charge is 2.18. The smallest absolute Gasteiger partial charge is 0.256 e. The van der Waals surface area contributed by atoms with E-state index in [2.05, 4.69) is 10.6 Å². The van der Waals surface area contributed by atoms with Crippen molar-refractivity contribution in [2.75, 3.05) is 6.54 Å². The second-order valence-electron chi connectivity index (χ2n) is 5.08. The lowest BCUT2D eigenvalue weighted by molar-refractivity contribution is -0.121. The lowest BCUT2D eigenvalue weighted by Crippen LogP contribution is -2.45. The van der Waals surface area contributed by atoms with Crippen LogP contribution in [-0.2, 0) is 4.79 Å². The summed E-state index contributed by atoms with van der Waals surface area (Å²) in [5.41, 5.74) is -0.648. The van der Waals surface area contributed by atoms with Gasteiger partial charge < -0.3 is 10.6 Å². The van der Waals surface area contributed by atoms with Gasteiger partial charge in [-0.15, -0.1) is 0 Å². The van der Waals surface area contributed by atoms with Crippen LogP contribution in [0.15, 0.2) is 18.2 Å². The molecule has 0 fully saturated rings. The van der Waals surface area contributed by atoms with Gasteiger partial charge in [-0.05, 0) is 32.9 Å². The number of carbonyl (C=O) groups is 2. The van der Waals surface area contributed by atoms with Gasteiger partial charge in [-0.2, -0.15) is 0 Å². The Morgan fingerprint density at radius 2 is 1.95 bits per heavy atom. The number of halogens is 2. The molecule has 0 saturated carbocycles. The van der Waals surface area contributed by atoms with Gasteiger partial charge >= 0.3 is 0 Å². The molecule has 1 aromatic rings. The monoisotopic (exact) mass is 286 g/mol. The lowest BCUT2D eigenvalue weighted by atomic mass is 10.1. The van der Waals surface area contributed by atoms with Crippen molar-refractivity contribution in [1.82, 2.24) is 10.6 Å². The van der Waals surface area contributed by atoms with E-state index >= 15 is 0 Å². The Morgan fingerprint density at radius 3 is 2.47 bits per heavy atom. The zero-order chi connectivity index (χ0) is 14.6. The Morgan fingerprint density at radius 1 is 1.32 bits per heavy atom. The van der Waals surface area contributed by atoms with E-state index in [0.717, 1.165) is 6.07 Å². The van der Waals surface area contributed by atoms with E-state index in [1.54, 1.807) is 0 Å². The van der Waals surface area contributed by atoms with E-state index in [1.807, 2.05) is 20.8 Å². The summed E-state index contributed by atoms with van der Waals surface area (Å²) < 4.78 is 13.5. The van der Waals surface area contributed by atoms with Gasteiger partial charge in [-0.3, -0.25) is 9.59 Å². The fourth-order valence-corrected chi connectivity index (χ4v) is 1.67. The van der Waals surface area contributed by atoms with Crippen LogP contribution < -0.4 is 10.6 Å². The molecule has 0 aromatic heterocycles. The fourth-order valence-electron chi connectivity index (χ4n) is 1.43. The van der Waals surface area contributed by atoms with Crippen molar-refractivity contribution in [1.29, 1.82) is 0 Å². The van der Waals surface area contributed by atoms with Crippen LogP contribution in [0.4, 0.5) is 4.39 Å². The summed E-state index contributed by atoms with van der Waals surface area (Å²) in [6.45, 7) is 5.22. The van der Waals surface area contributed by atoms with Crippen LogP contribution in [0, 0.1) is 5.82 Å². The third kappa shape index (κ3) is 4.87. The Kier molecular flexibility index (Phi) is 4.89. The van der Waals surface area contributed by atoms with Crippen molar-refractivity contribution in [3.63, 3.8) is 0 Å². The SMILES string of the molecule is CC(C)(C)NC(=O)CNC(=O)c1c(F)cccc1Cl. The minimum Gasteiger partial charge on any atom is -0.350 e. The molecule has 4 nitrogen and oxygen atoms in total. The molecule has 6 heteroatoms. The van der Waals surface area contributed by atoms with Gasteiger partial charge in [-0.25, -0.2) is 4.39 Å². The van der Waals surface area contributed by atoms with Crippen molar-refractivity contribution < 1.29 is 14.0 Å². The van der Waals surface area contributed by atoms with Crippen LogP contribution in [0.25, 0.3) is 0 Å². The number of carbonyl (C=O) groups excluding carboxylic acids is 2. The molecule has 0 unspecified atom stereocenters. The highest BCUT2D eigenvalue weighted by molar-refractivity contribution is 6.33. The van der Waals surface area contributed by atoms with Crippen LogP contribution in [0.3, 0.4) is 0 Å². The van der Waals surface area contributed by atoms with Crippen LogP contribution >= 0.6 is 11.6 Å². The largest absolute Gasteiger partial charge is 0.350 e. The second-order valence-corrected chi connectivity index (χ2v) is 5.48. The number of benzene rings is 1. The first-order valence-electron chi connectivity index (χ1n) is 5.74. The number of nitrogens with one attached hydrogen (secondary N) is 2. The standard InChI is InChI=1S/C13H16ClFN2O2/c1-13(2,3)17-10(18)7-16-12(19)11-8(14)5-4-6-9(11)15/h4-6H,7H2,1-3H3,(H,16,19)(H,17,18). The van der Waals surface area contributed by atoms with Gasteiger partial charge in [0.15, 0.2) is 0 Å². The zero-order valence-electron chi connectivity index (χ0n) is 11.0. The average Bonchev–Trinajstić information content (AvgIpc) is 2.23. The van der Waals surface area contributed by atoms with Gasteiger partial charge in [0.1, 0.15) is 5.82 Å². The molecule has 0 atom stereocenters. The molecule has 1 rings (SSSR count). The van der Waals surface area contributed by atoms with Gasteiger partial charge in [0.25, 0.3) is 5.91 Å². The quantitative estimate of drug-likeness (QED) is 0.894. The normalized spacial score (nSPS) is 11.0. The van der Waals surface area contributed by atoms with Crippen LogP contribution in [0.2, 0.25) is 5.02 Å². The Bertz CT molecular complexity index is 478. The summed E-state index contributed by atoms with van der Waals surface area (Å²) in [6, 6.07) is 3.95. The Labute approximate surface area is 116 Å². The van der Waals surface area contributed by atoms with Crippen molar-refractivity contribution in [2.24, 2.45) is 0 Å². The number of amides is 2. The van der Waals surface area contributed by atoms with Gasteiger partial charge in [0.05, 0.1) is 17.1 Å². The van der Waals surface area contributed by atoms with Crippen molar-refractivity contribution in [3.8, 4) is 0 Å². The summed E-state index contributed by atoms with van der Waals surface area (Å²) in [4.78, 5) is 23.3. The number of hydrogen-bond donors (Lipinski definition) is 2. The molecule has 1 aromatic carbocycles. The predicted molar refractivity (Wildman–Crippen MR) is 71.6 cm³/mol. The third-order valence-electron chi connectivity index (χ3n) is 2.11. The predicted octanol–water partition coefficient (Wildman–Crippen LogP) is 2.12. The van der Waals surface area contributed by atoms with E-state index in [4.69, 9.17) is 11.6 Å². The molecule has 0 heterocycles. The molecule has 104 valence electrons. The highest BCUT2D eigenvalue weighted by Crippen LogP contribution is 2.18. The zero-order valence-corrected chi connectivity index (χ0v) is 11.8.